The van der Waals surface area contributed by atoms with Gasteiger partial charge in [-0.05, 0) is 38.1 Å². The van der Waals surface area contributed by atoms with Crippen LogP contribution in [0.15, 0.2) is 54.7 Å². The van der Waals surface area contributed by atoms with Gasteiger partial charge in [0, 0.05) is 38.4 Å². The predicted octanol–water partition coefficient (Wildman–Crippen LogP) is 2.92. The Morgan fingerprint density at radius 2 is 1.76 bits per heavy atom. The van der Waals surface area contributed by atoms with Crippen LogP contribution in [0.5, 0.6) is 0 Å². The van der Waals surface area contributed by atoms with E-state index in [1.165, 1.54) is 0 Å². The molecule has 1 aliphatic heterocycles. The van der Waals surface area contributed by atoms with Crippen LogP contribution in [0.4, 0.5) is 0 Å². The van der Waals surface area contributed by atoms with Crippen LogP contribution in [0.2, 0.25) is 0 Å². The van der Waals surface area contributed by atoms with Crippen LogP contribution >= 0.6 is 0 Å². The minimum atomic E-state index is -0.717. The fraction of sp³-hybridized carbons (Fsp3) is 0.429. The van der Waals surface area contributed by atoms with Crippen molar-refractivity contribution in [1.29, 1.82) is 5.26 Å². The number of pyridine rings is 1. The minimum absolute atomic E-state index is 0.315. The molecule has 1 aromatic heterocycles. The quantitative estimate of drug-likeness (QED) is 0.843. The molecule has 0 aliphatic carbocycles. The Balaban J connectivity index is 1.93. The molecule has 25 heavy (non-hydrogen) atoms. The standard InChI is InChI=1S/C21H26N4/c1-18(25-14-12-24(2)13-15-25)16-21(17-22,19-8-4-3-5-9-19)20-10-6-7-11-23-20/h3-11,18H,12-16H2,1-2H3. The number of hydrogen-bond donors (Lipinski definition) is 0. The smallest absolute Gasteiger partial charge is 0.126 e. The van der Waals surface area contributed by atoms with Crippen LogP contribution in [0, 0.1) is 11.3 Å². The van der Waals surface area contributed by atoms with Crippen molar-refractivity contribution in [3.8, 4) is 6.07 Å². The first-order valence-electron chi connectivity index (χ1n) is 8.96. The van der Waals surface area contributed by atoms with Crippen molar-refractivity contribution in [3.05, 3.63) is 66.0 Å². The van der Waals surface area contributed by atoms with Crippen molar-refractivity contribution in [1.82, 2.24) is 14.8 Å². The Bertz CT molecular complexity index is 660. The molecule has 130 valence electrons. The largest absolute Gasteiger partial charge is 0.304 e. The van der Waals surface area contributed by atoms with Gasteiger partial charge in [0.25, 0.3) is 0 Å². The summed E-state index contributed by atoms with van der Waals surface area (Å²) in [5.41, 5.74) is 1.15. The van der Waals surface area contributed by atoms with Crippen LogP contribution in [0.1, 0.15) is 24.6 Å². The zero-order valence-corrected chi connectivity index (χ0v) is 15.1. The second-order valence-electron chi connectivity index (χ2n) is 6.99. The Morgan fingerprint density at radius 1 is 1.08 bits per heavy atom. The first-order valence-corrected chi connectivity index (χ1v) is 8.96. The second-order valence-corrected chi connectivity index (χ2v) is 6.99. The molecule has 2 unspecified atom stereocenters. The molecule has 3 rings (SSSR count). The van der Waals surface area contributed by atoms with E-state index < -0.39 is 5.41 Å². The van der Waals surface area contributed by atoms with Crippen LogP contribution in [-0.2, 0) is 5.41 Å². The number of likely N-dealkylation sites (N-methyl/N-ethyl adjacent to an activating group) is 1. The molecule has 0 saturated carbocycles. The molecular formula is C21H26N4. The van der Waals surface area contributed by atoms with Crippen molar-refractivity contribution in [3.63, 3.8) is 0 Å². The van der Waals surface area contributed by atoms with Gasteiger partial charge in [0.2, 0.25) is 0 Å². The molecule has 2 heterocycles. The monoisotopic (exact) mass is 334 g/mol. The average molecular weight is 334 g/mol. The molecule has 0 bridgehead atoms. The summed E-state index contributed by atoms with van der Waals surface area (Å²) in [7, 11) is 2.17. The molecule has 1 fully saturated rings. The molecule has 4 heteroatoms. The zero-order chi connectivity index (χ0) is 17.7. The van der Waals surface area contributed by atoms with E-state index in [-0.39, 0.29) is 0 Å². The van der Waals surface area contributed by atoms with Crippen molar-refractivity contribution in [2.75, 3.05) is 33.2 Å². The molecule has 0 N–H and O–H groups in total. The maximum Gasteiger partial charge on any atom is 0.126 e. The molecule has 1 aromatic carbocycles. The second kappa shape index (κ2) is 7.77. The number of hydrogen-bond acceptors (Lipinski definition) is 4. The lowest BCUT2D eigenvalue weighted by molar-refractivity contribution is 0.108. The van der Waals surface area contributed by atoms with E-state index in [0.29, 0.717) is 6.04 Å². The van der Waals surface area contributed by atoms with E-state index in [1.807, 2.05) is 36.4 Å². The van der Waals surface area contributed by atoms with Gasteiger partial charge in [0.15, 0.2) is 0 Å². The van der Waals surface area contributed by atoms with Crippen LogP contribution in [-0.4, -0.2) is 54.1 Å². The van der Waals surface area contributed by atoms with Crippen LogP contribution < -0.4 is 0 Å². The molecule has 1 saturated heterocycles. The molecular weight excluding hydrogens is 308 g/mol. The van der Waals surface area contributed by atoms with Gasteiger partial charge in [-0.15, -0.1) is 0 Å². The third-order valence-corrected chi connectivity index (χ3v) is 5.32. The van der Waals surface area contributed by atoms with Crippen molar-refractivity contribution in [2.45, 2.75) is 24.8 Å². The number of nitrogens with zero attached hydrogens (tertiary/aromatic N) is 4. The fourth-order valence-electron chi connectivity index (χ4n) is 3.71. The van der Waals surface area contributed by atoms with E-state index >= 15 is 0 Å². The summed E-state index contributed by atoms with van der Waals surface area (Å²) < 4.78 is 0. The number of benzene rings is 1. The summed E-state index contributed by atoms with van der Waals surface area (Å²) >= 11 is 0. The highest BCUT2D eigenvalue weighted by molar-refractivity contribution is 5.43. The van der Waals surface area contributed by atoms with Crippen LogP contribution in [0.25, 0.3) is 0 Å². The fourth-order valence-corrected chi connectivity index (χ4v) is 3.71. The highest BCUT2D eigenvalue weighted by Gasteiger charge is 2.39. The summed E-state index contributed by atoms with van der Waals surface area (Å²) in [6, 6.07) is 18.9. The summed E-state index contributed by atoms with van der Waals surface area (Å²) in [5, 5.41) is 10.3. The highest BCUT2D eigenvalue weighted by atomic mass is 15.3. The van der Waals surface area contributed by atoms with Gasteiger partial charge in [0.1, 0.15) is 5.41 Å². The van der Waals surface area contributed by atoms with Crippen LogP contribution in [0.3, 0.4) is 0 Å². The summed E-state index contributed by atoms with van der Waals surface area (Å²) in [5.74, 6) is 0. The topological polar surface area (TPSA) is 43.2 Å². The number of aromatic nitrogens is 1. The Labute approximate surface area is 150 Å². The number of rotatable bonds is 5. The van der Waals surface area contributed by atoms with Gasteiger partial charge in [-0.2, -0.15) is 5.26 Å². The molecule has 0 spiro atoms. The van der Waals surface area contributed by atoms with Gasteiger partial charge in [-0.1, -0.05) is 36.4 Å². The van der Waals surface area contributed by atoms with Crippen molar-refractivity contribution >= 4 is 0 Å². The SMILES string of the molecule is CC(CC(C#N)(c1ccccc1)c1ccccn1)N1CCN(C)CC1. The first-order chi connectivity index (χ1) is 12.2. The van der Waals surface area contributed by atoms with Crippen molar-refractivity contribution in [2.24, 2.45) is 0 Å². The normalized spacial score (nSPS) is 19.7. The summed E-state index contributed by atoms with van der Waals surface area (Å²) in [4.78, 5) is 9.42. The lowest BCUT2D eigenvalue weighted by Crippen LogP contribution is -2.50. The molecule has 0 radical (unpaired) electrons. The van der Waals surface area contributed by atoms with Crippen molar-refractivity contribution < 1.29 is 0 Å². The van der Waals surface area contributed by atoms with Gasteiger partial charge in [-0.25, -0.2) is 0 Å². The third-order valence-electron chi connectivity index (χ3n) is 5.32. The lowest BCUT2D eigenvalue weighted by atomic mass is 9.73. The minimum Gasteiger partial charge on any atom is -0.304 e. The molecule has 1 aliphatic rings. The molecule has 2 aromatic rings. The maximum absolute atomic E-state index is 10.3. The van der Waals surface area contributed by atoms with E-state index in [4.69, 9.17) is 0 Å². The number of nitriles is 1. The third kappa shape index (κ3) is 3.73. The molecule has 2 atom stereocenters. The van der Waals surface area contributed by atoms with E-state index in [0.717, 1.165) is 43.9 Å². The van der Waals surface area contributed by atoms with E-state index in [1.54, 1.807) is 6.20 Å². The maximum atomic E-state index is 10.3. The zero-order valence-electron chi connectivity index (χ0n) is 15.1. The number of piperazine rings is 1. The lowest BCUT2D eigenvalue weighted by Gasteiger charge is -2.39. The average Bonchev–Trinajstić information content (AvgIpc) is 2.68. The van der Waals surface area contributed by atoms with Gasteiger partial charge < -0.3 is 4.90 Å². The summed E-state index contributed by atoms with van der Waals surface area (Å²) in [6.07, 6.45) is 2.53. The Morgan fingerprint density at radius 3 is 2.36 bits per heavy atom. The Hall–Kier alpha value is -2.22. The van der Waals surface area contributed by atoms with Gasteiger partial charge >= 0.3 is 0 Å². The summed E-state index contributed by atoms with van der Waals surface area (Å²) in [6.45, 7) is 6.51. The van der Waals surface area contributed by atoms with Gasteiger partial charge in [0.05, 0.1) is 11.8 Å². The highest BCUT2D eigenvalue weighted by Crippen LogP contribution is 2.36. The Kier molecular flexibility index (Phi) is 5.47. The van der Waals surface area contributed by atoms with E-state index in [9.17, 15) is 5.26 Å². The predicted molar refractivity (Wildman–Crippen MR) is 100 cm³/mol. The van der Waals surface area contributed by atoms with Gasteiger partial charge in [-0.3, -0.25) is 9.88 Å². The first kappa shape index (κ1) is 17.6. The molecule has 4 nitrogen and oxygen atoms in total. The van der Waals surface area contributed by atoms with E-state index in [2.05, 4.69) is 47.0 Å². The molecule has 0 amide bonds.